The number of hydrogen-bond acceptors (Lipinski definition) is 1. The number of nitrogens with two attached hydrogens (primary N) is 1. The predicted octanol–water partition coefficient (Wildman–Crippen LogP) is 6.29. The highest BCUT2D eigenvalue weighted by Crippen LogP contribution is 2.11. The Bertz CT molecular complexity index is 260. The molecule has 1 amide bonds. The summed E-state index contributed by atoms with van der Waals surface area (Å²) in [5, 5.41) is 0. The summed E-state index contributed by atoms with van der Waals surface area (Å²) in [6.45, 7) is 2.27. The van der Waals surface area contributed by atoms with Crippen LogP contribution in [0.25, 0.3) is 0 Å². The summed E-state index contributed by atoms with van der Waals surface area (Å²) in [6.07, 6.45) is 24.9. The smallest absolute Gasteiger partial charge is 0.217 e. The molecule has 130 valence electrons. The largest absolute Gasteiger partial charge is 0.370 e. The van der Waals surface area contributed by atoms with Gasteiger partial charge in [0.05, 0.1) is 0 Å². The van der Waals surface area contributed by atoms with Crippen LogP contribution in [0.3, 0.4) is 0 Å². The molecule has 2 nitrogen and oxygen atoms in total. The molecule has 0 aromatic heterocycles. The molecule has 0 aliphatic heterocycles. The van der Waals surface area contributed by atoms with Crippen molar-refractivity contribution in [3.8, 4) is 0 Å². The topological polar surface area (TPSA) is 43.1 Å². The van der Waals surface area contributed by atoms with E-state index in [1.54, 1.807) is 0 Å². The number of carbonyl (C=O) groups is 1. The van der Waals surface area contributed by atoms with E-state index >= 15 is 0 Å². The van der Waals surface area contributed by atoms with Crippen LogP contribution in [0, 0.1) is 0 Å². The molecule has 0 saturated heterocycles. The number of hydrogen-bond donors (Lipinski definition) is 1. The van der Waals surface area contributed by atoms with Crippen LogP contribution in [0.1, 0.15) is 110 Å². The van der Waals surface area contributed by atoms with Gasteiger partial charge in [-0.05, 0) is 32.1 Å². The van der Waals surface area contributed by atoms with Gasteiger partial charge in [0.1, 0.15) is 0 Å². The highest BCUT2D eigenvalue weighted by molar-refractivity contribution is 5.73. The third-order valence-electron chi connectivity index (χ3n) is 4.18. The molecule has 0 aliphatic carbocycles. The van der Waals surface area contributed by atoms with E-state index < -0.39 is 0 Å². The standard InChI is InChI=1S/C20H39NO/c1-2-3-4-5-6-7-8-9-10-11-12-13-14-15-16-17-18-19-20(21)22/h9-10H,2-8,11-19H2,1H3,(H2,21,22)/b10-9-. The van der Waals surface area contributed by atoms with Crippen molar-refractivity contribution in [3.63, 3.8) is 0 Å². The number of amides is 1. The minimum atomic E-state index is -0.159. The maximum absolute atomic E-state index is 10.6. The molecule has 2 heteroatoms. The minimum Gasteiger partial charge on any atom is -0.370 e. The van der Waals surface area contributed by atoms with Gasteiger partial charge in [-0.3, -0.25) is 4.79 Å². The Kier molecular flexibility index (Phi) is 17.6. The summed E-state index contributed by atoms with van der Waals surface area (Å²) in [6, 6.07) is 0. The van der Waals surface area contributed by atoms with Gasteiger partial charge in [0.25, 0.3) is 0 Å². The van der Waals surface area contributed by atoms with Gasteiger partial charge in [-0.2, -0.15) is 0 Å². The molecule has 0 aromatic rings. The summed E-state index contributed by atoms with van der Waals surface area (Å²) >= 11 is 0. The second-order valence-corrected chi connectivity index (χ2v) is 6.51. The lowest BCUT2D eigenvalue weighted by Crippen LogP contribution is -2.09. The van der Waals surface area contributed by atoms with Gasteiger partial charge < -0.3 is 5.73 Å². The van der Waals surface area contributed by atoms with E-state index in [1.807, 2.05) is 0 Å². The van der Waals surface area contributed by atoms with Gasteiger partial charge >= 0.3 is 0 Å². The van der Waals surface area contributed by atoms with Gasteiger partial charge in [-0.15, -0.1) is 0 Å². The number of primary amides is 1. The molecule has 0 unspecified atom stereocenters. The zero-order valence-corrected chi connectivity index (χ0v) is 15.0. The molecule has 0 fully saturated rings. The first-order chi connectivity index (χ1) is 10.8. The SMILES string of the molecule is CCCCCCCC/C=C\CCCCCCCCCC(N)=O. The normalized spacial score (nSPS) is 11.3. The minimum absolute atomic E-state index is 0.159. The van der Waals surface area contributed by atoms with E-state index in [0.29, 0.717) is 6.42 Å². The van der Waals surface area contributed by atoms with Gasteiger partial charge in [-0.1, -0.05) is 83.3 Å². The Morgan fingerprint density at radius 2 is 1.09 bits per heavy atom. The van der Waals surface area contributed by atoms with Crippen LogP contribution in [-0.4, -0.2) is 5.91 Å². The number of unbranched alkanes of at least 4 members (excludes halogenated alkanes) is 13. The lowest BCUT2D eigenvalue weighted by Gasteiger charge is -2.00. The lowest BCUT2D eigenvalue weighted by atomic mass is 10.1. The average Bonchev–Trinajstić information content (AvgIpc) is 2.50. The molecular formula is C20H39NO. The summed E-state index contributed by atoms with van der Waals surface area (Å²) in [7, 11) is 0. The van der Waals surface area contributed by atoms with Crippen molar-refractivity contribution < 1.29 is 4.79 Å². The van der Waals surface area contributed by atoms with Gasteiger partial charge in [0, 0.05) is 6.42 Å². The molecule has 0 heterocycles. The van der Waals surface area contributed by atoms with Crippen LogP contribution < -0.4 is 5.73 Å². The summed E-state index contributed by atoms with van der Waals surface area (Å²) in [4.78, 5) is 10.6. The van der Waals surface area contributed by atoms with Gasteiger partial charge in [0.2, 0.25) is 5.91 Å². The molecule has 0 bridgehead atoms. The molecule has 0 saturated carbocycles. The maximum atomic E-state index is 10.6. The van der Waals surface area contributed by atoms with Crippen LogP contribution in [0.4, 0.5) is 0 Å². The van der Waals surface area contributed by atoms with Crippen LogP contribution in [0.5, 0.6) is 0 Å². The van der Waals surface area contributed by atoms with Crippen molar-refractivity contribution >= 4 is 5.91 Å². The number of allylic oxidation sites excluding steroid dienone is 2. The van der Waals surface area contributed by atoms with Crippen molar-refractivity contribution in [1.29, 1.82) is 0 Å². The second kappa shape index (κ2) is 18.3. The van der Waals surface area contributed by atoms with E-state index in [4.69, 9.17) is 5.73 Å². The Hall–Kier alpha value is -0.790. The molecule has 22 heavy (non-hydrogen) atoms. The highest BCUT2D eigenvalue weighted by Gasteiger charge is 1.95. The van der Waals surface area contributed by atoms with E-state index in [9.17, 15) is 4.79 Å². The Labute approximate surface area is 138 Å². The number of rotatable bonds is 17. The van der Waals surface area contributed by atoms with E-state index in [1.165, 1.54) is 83.5 Å². The van der Waals surface area contributed by atoms with Crippen molar-refractivity contribution in [2.45, 2.75) is 110 Å². The Morgan fingerprint density at radius 1 is 0.682 bits per heavy atom. The fourth-order valence-corrected chi connectivity index (χ4v) is 2.72. The third-order valence-corrected chi connectivity index (χ3v) is 4.18. The molecule has 0 aromatic carbocycles. The van der Waals surface area contributed by atoms with Crippen molar-refractivity contribution in [1.82, 2.24) is 0 Å². The molecule has 0 spiro atoms. The first-order valence-electron chi connectivity index (χ1n) is 9.70. The monoisotopic (exact) mass is 309 g/mol. The Morgan fingerprint density at radius 3 is 1.55 bits per heavy atom. The number of carbonyl (C=O) groups excluding carboxylic acids is 1. The Balaban J connectivity index is 3.06. The van der Waals surface area contributed by atoms with Crippen molar-refractivity contribution in [2.24, 2.45) is 5.73 Å². The lowest BCUT2D eigenvalue weighted by molar-refractivity contribution is -0.118. The fraction of sp³-hybridized carbons (Fsp3) is 0.850. The third kappa shape index (κ3) is 19.2. The fourth-order valence-electron chi connectivity index (χ4n) is 2.72. The van der Waals surface area contributed by atoms with E-state index in [2.05, 4.69) is 19.1 Å². The molecule has 0 rings (SSSR count). The summed E-state index contributed by atoms with van der Waals surface area (Å²) in [5.74, 6) is -0.159. The molecule has 0 aliphatic rings. The molecular weight excluding hydrogens is 270 g/mol. The highest BCUT2D eigenvalue weighted by atomic mass is 16.1. The van der Waals surface area contributed by atoms with Gasteiger partial charge in [-0.25, -0.2) is 0 Å². The van der Waals surface area contributed by atoms with Crippen LogP contribution in [0.15, 0.2) is 12.2 Å². The first-order valence-corrected chi connectivity index (χ1v) is 9.70. The molecule has 0 atom stereocenters. The van der Waals surface area contributed by atoms with Crippen LogP contribution in [0.2, 0.25) is 0 Å². The summed E-state index contributed by atoms with van der Waals surface area (Å²) < 4.78 is 0. The van der Waals surface area contributed by atoms with Crippen LogP contribution in [-0.2, 0) is 4.79 Å². The average molecular weight is 310 g/mol. The molecule has 0 radical (unpaired) electrons. The van der Waals surface area contributed by atoms with Gasteiger partial charge in [0.15, 0.2) is 0 Å². The quantitative estimate of drug-likeness (QED) is 0.249. The van der Waals surface area contributed by atoms with E-state index in [0.717, 1.165) is 12.8 Å². The first kappa shape index (κ1) is 21.2. The van der Waals surface area contributed by atoms with E-state index in [-0.39, 0.29) is 5.91 Å². The maximum Gasteiger partial charge on any atom is 0.217 e. The predicted molar refractivity (Wildman–Crippen MR) is 97.9 cm³/mol. The molecule has 2 N–H and O–H groups in total. The van der Waals surface area contributed by atoms with Crippen LogP contribution >= 0.6 is 0 Å². The summed E-state index contributed by atoms with van der Waals surface area (Å²) in [5.41, 5.74) is 5.11. The zero-order chi connectivity index (χ0) is 16.3. The second-order valence-electron chi connectivity index (χ2n) is 6.51. The van der Waals surface area contributed by atoms with Crippen molar-refractivity contribution in [2.75, 3.05) is 0 Å². The van der Waals surface area contributed by atoms with Crippen molar-refractivity contribution in [3.05, 3.63) is 12.2 Å². The zero-order valence-electron chi connectivity index (χ0n) is 15.0.